The second-order valence-electron chi connectivity index (χ2n) is 4.74. The molecule has 0 radical (unpaired) electrons. The lowest BCUT2D eigenvalue weighted by molar-refractivity contribution is 0.202. The predicted octanol–water partition coefficient (Wildman–Crippen LogP) is 2.72. The minimum absolute atomic E-state index is 0.649. The molecule has 3 heteroatoms. The van der Waals surface area contributed by atoms with E-state index in [0.717, 1.165) is 6.54 Å². The summed E-state index contributed by atoms with van der Waals surface area (Å²) < 4.78 is 0. The van der Waals surface area contributed by atoms with E-state index in [-0.39, 0.29) is 0 Å². The Balaban J connectivity index is 2.22. The van der Waals surface area contributed by atoms with Crippen LogP contribution in [0.2, 0.25) is 0 Å². The third-order valence-electron chi connectivity index (χ3n) is 3.44. The van der Waals surface area contributed by atoms with Gasteiger partial charge in [-0.15, -0.1) is 0 Å². The SMILES string of the molecule is CCCCCCC(CN)N1CCCSCC1. The van der Waals surface area contributed by atoms with Crippen LogP contribution < -0.4 is 5.73 Å². The van der Waals surface area contributed by atoms with Gasteiger partial charge >= 0.3 is 0 Å². The van der Waals surface area contributed by atoms with Gasteiger partial charge in [-0.1, -0.05) is 32.6 Å². The standard InChI is InChI=1S/C13H28N2S/c1-2-3-4-5-7-13(12-14)15-8-6-10-16-11-9-15/h13H,2-12,14H2,1H3. The summed E-state index contributed by atoms with van der Waals surface area (Å²) in [7, 11) is 0. The van der Waals surface area contributed by atoms with Gasteiger partial charge < -0.3 is 5.73 Å². The van der Waals surface area contributed by atoms with Gasteiger partial charge in [0, 0.05) is 24.9 Å². The molecule has 0 saturated carbocycles. The van der Waals surface area contributed by atoms with Gasteiger partial charge in [0.2, 0.25) is 0 Å². The number of thioether (sulfide) groups is 1. The van der Waals surface area contributed by atoms with Crippen LogP contribution in [-0.4, -0.2) is 42.1 Å². The Morgan fingerprint density at radius 1 is 1.19 bits per heavy atom. The van der Waals surface area contributed by atoms with Crippen molar-refractivity contribution in [2.75, 3.05) is 31.1 Å². The Hall–Kier alpha value is 0.270. The van der Waals surface area contributed by atoms with Crippen molar-refractivity contribution in [1.82, 2.24) is 4.90 Å². The maximum atomic E-state index is 5.92. The zero-order valence-corrected chi connectivity index (χ0v) is 11.6. The predicted molar refractivity (Wildman–Crippen MR) is 75.1 cm³/mol. The van der Waals surface area contributed by atoms with Crippen LogP contribution in [-0.2, 0) is 0 Å². The highest BCUT2D eigenvalue weighted by Gasteiger charge is 2.17. The summed E-state index contributed by atoms with van der Waals surface area (Å²) in [6.45, 7) is 5.63. The highest BCUT2D eigenvalue weighted by Crippen LogP contribution is 2.16. The van der Waals surface area contributed by atoms with E-state index in [4.69, 9.17) is 5.73 Å². The van der Waals surface area contributed by atoms with Crippen LogP contribution in [0.3, 0.4) is 0 Å². The molecule has 0 aliphatic carbocycles. The Bertz CT molecular complexity index is 156. The molecule has 0 amide bonds. The third-order valence-corrected chi connectivity index (χ3v) is 4.48. The fourth-order valence-electron chi connectivity index (χ4n) is 2.39. The van der Waals surface area contributed by atoms with Crippen LogP contribution in [0, 0.1) is 0 Å². The minimum Gasteiger partial charge on any atom is -0.329 e. The molecule has 2 nitrogen and oxygen atoms in total. The summed E-state index contributed by atoms with van der Waals surface area (Å²) >= 11 is 2.10. The molecule has 1 atom stereocenters. The average molecular weight is 244 g/mol. The second-order valence-corrected chi connectivity index (χ2v) is 5.97. The minimum atomic E-state index is 0.649. The summed E-state index contributed by atoms with van der Waals surface area (Å²) in [4.78, 5) is 2.63. The third kappa shape index (κ3) is 5.55. The fourth-order valence-corrected chi connectivity index (χ4v) is 3.29. The lowest BCUT2D eigenvalue weighted by atomic mass is 10.1. The molecule has 1 heterocycles. The van der Waals surface area contributed by atoms with E-state index >= 15 is 0 Å². The van der Waals surface area contributed by atoms with E-state index in [0.29, 0.717) is 6.04 Å². The normalized spacial score (nSPS) is 20.6. The molecule has 1 saturated heterocycles. The van der Waals surface area contributed by atoms with Gasteiger partial charge in [0.25, 0.3) is 0 Å². The van der Waals surface area contributed by atoms with Crippen LogP contribution in [0.15, 0.2) is 0 Å². The van der Waals surface area contributed by atoms with Gasteiger partial charge in [-0.2, -0.15) is 11.8 Å². The molecule has 0 aromatic carbocycles. The molecule has 0 aromatic rings. The second kappa shape index (κ2) is 9.32. The van der Waals surface area contributed by atoms with Crippen molar-refractivity contribution in [3.05, 3.63) is 0 Å². The van der Waals surface area contributed by atoms with Crippen LogP contribution in [0.4, 0.5) is 0 Å². The van der Waals surface area contributed by atoms with Crippen molar-refractivity contribution < 1.29 is 0 Å². The monoisotopic (exact) mass is 244 g/mol. The molecular weight excluding hydrogens is 216 g/mol. The average Bonchev–Trinajstić information content (AvgIpc) is 2.58. The van der Waals surface area contributed by atoms with Crippen LogP contribution >= 0.6 is 11.8 Å². The molecule has 0 spiro atoms. The van der Waals surface area contributed by atoms with Crippen molar-refractivity contribution in [2.24, 2.45) is 5.73 Å². The van der Waals surface area contributed by atoms with Gasteiger partial charge in [-0.25, -0.2) is 0 Å². The molecule has 0 bridgehead atoms. The van der Waals surface area contributed by atoms with Crippen LogP contribution in [0.25, 0.3) is 0 Å². The first-order valence-corrected chi connectivity index (χ1v) is 8.05. The maximum Gasteiger partial charge on any atom is 0.0218 e. The van der Waals surface area contributed by atoms with Crippen molar-refractivity contribution in [2.45, 2.75) is 51.5 Å². The Morgan fingerprint density at radius 2 is 2.06 bits per heavy atom. The number of hydrogen-bond acceptors (Lipinski definition) is 3. The molecule has 1 aliphatic heterocycles. The van der Waals surface area contributed by atoms with E-state index in [9.17, 15) is 0 Å². The molecule has 2 N–H and O–H groups in total. The number of nitrogens with zero attached hydrogens (tertiary/aromatic N) is 1. The fraction of sp³-hybridized carbons (Fsp3) is 1.00. The van der Waals surface area contributed by atoms with E-state index in [1.165, 1.54) is 63.1 Å². The van der Waals surface area contributed by atoms with Gasteiger partial charge in [0.15, 0.2) is 0 Å². The smallest absolute Gasteiger partial charge is 0.0218 e. The maximum absolute atomic E-state index is 5.92. The van der Waals surface area contributed by atoms with Crippen LogP contribution in [0.1, 0.15) is 45.4 Å². The number of rotatable bonds is 7. The lowest BCUT2D eigenvalue weighted by Crippen LogP contribution is -2.41. The Kier molecular flexibility index (Phi) is 8.34. The summed E-state index contributed by atoms with van der Waals surface area (Å²) in [5, 5.41) is 0. The molecule has 1 fully saturated rings. The zero-order chi connectivity index (χ0) is 11.6. The van der Waals surface area contributed by atoms with E-state index in [2.05, 4.69) is 23.6 Å². The summed E-state index contributed by atoms with van der Waals surface area (Å²) in [5.41, 5.74) is 5.92. The summed E-state index contributed by atoms with van der Waals surface area (Å²) in [6, 6.07) is 0.649. The quantitative estimate of drug-likeness (QED) is 0.698. The topological polar surface area (TPSA) is 29.3 Å². The number of nitrogens with two attached hydrogens (primary N) is 1. The number of hydrogen-bond donors (Lipinski definition) is 1. The van der Waals surface area contributed by atoms with Gasteiger partial charge in [-0.3, -0.25) is 4.90 Å². The largest absolute Gasteiger partial charge is 0.329 e. The van der Waals surface area contributed by atoms with Gasteiger partial charge in [0.1, 0.15) is 0 Å². The summed E-state index contributed by atoms with van der Waals surface area (Å²) in [5.74, 6) is 2.63. The van der Waals surface area contributed by atoms with Crippen molar-refractivity contribution in [3.8, 4) is 0 Å². The van der Waals surface area contributed by atoms with Crippen molar-refractivity contribution in [3.63, 3.8) is 0 Å². The molecular formula is C13H28N2S. The van der Waals surface area contributed by atoms with E-state index in [1.54, 1.807) is 0 Å². The van der Waals surface area contributed by atoms with E-state index < -0.39 is 0 Å². The Labute approximate surface area is 105 Å². The lowest BCUT2D eigenvalue weighted by Gasteiger charge is -2.29. The van der Waals surface area contributed by atoms with Gasteiger partial charge in [-0.05, 0) is 25.1 Å². The zero-order valence-electron chi connectivity index (χ0n) is 10.8. The first-order valence-electron chi connectivity index (χ1n) is 6.90. The van der Waals surface area contributed by atoms with Crippen LogP contribution in [0.5, 0.6) is 0 Å². The van der Waals surface area contributed by atoms with Crippen molar-refractivity contribution in [1.29, 1.82) is 0 Å². The highest BCUT2D eigenvalue weighted by molar-refractivity contribution is 7.99. The molecule has 16 heavy (non-hydrogen) atoms. The first-order chi connectivity index (χ1) is 7.88. The van der Waals surface area contributed by atoms with Gasteiger partial charge in [0.05, 0.1) is 0 Å². The molecule has 1 rings (SSSR count). The highest BCUT2D eigenvalue weighted by atomic mass is 32.2. The molecule has 0 aromatic heterocycles. The first kappa shape index (κ1) is 14.3. The van der Waals surface area contributed by atoms with Crippen molar-refractivity contribution >= 4 is 11.8 Å². The number of unbranched alkanes of at least 4 members (excludes halogenated alkanes) is 3. The molecule has 1 aliphatic rings. The Morgan fingerprint density at radius 3 is 2.81 bits per heavy atom. The molecule has 96 valence electrons. The molecule has 1 unspecified atom stereocenters. The summed E-state index contributed by atoms with van der Waals surface area (Å²) in [6.07, 6.45) is 8.10. The van der Waals surface area contributed by atoms with E-state index in [1.807, 2.05) is 0 Å².